The van der Waals surface area contributed by atoms with E-state index in [-0.39, 0.29) is 5.75 Å². The third-order valence-electron chi connectivity index (χ3n) is 3.26. The number of urea groups is 1. The highest BCUT2D eigenvalue weighted by Crippen LogP contribution is 2.16. The Hall–Kier alpha value is -2.78. The number of amides is 2. The van der Waals surface area contributed by atoms with E-state index in [9.17, 15) is 13.2 Å². The smallest absolute Gasteiger partial charge is 0.319 e. The molecule has 2 rings (SSSR count). The maximum Gasteiger partial charge on any atom is 0.319 e. The minimum absolute atomic E-state index is 0.186. The van der Waals surface area contributed by atoms with Gasteiger partial charge in [-0.1, -0.05) is 42.3 Å². The molecule has 1 atom stereocenters. The Kier molecular flexibility index (Phi) is 5.61. The minimum Gasteiger partial charge on any atom is -0.330 e. The van der Waals surface area contributed by atoms with Gasteiger partial charge >= 0.3 is 6.03 Å². The summed E-state index contributed by atoms with van der Waals surface area (Å²) in [6, 6.07) is 14.7. The fraction of sp³-hybridized carbons (Fsp3) is 0.167. The van der Waals surface area contributed by atoms with Crippen molar-refractivity contribution in [3.63, 3.8) is 0 Å². The molecule has 0 heterocycles. The molecule has 0 aromatic heterocycles. The van der Waals surface area contributed by atoms with Gasteiger partial charge in [-0.15, -0.1) is 6.42 Å². The maximum absolute atomic E-state index is 12.2. The zero-order valence-electron chi connectivity index (χ0n) is 13.2. The lowest BCUT2D eigenvalue weighted by Crippen LogP contribution is -2.36. The van der Waals surface area contributed by atoms with Crippen LogP contribution in [-0.4, -0.2) is 26.5 Å². The average molecular weight is 342 g/mol. The molecule has 0 spiro atoms. The van der Waals surface area contributed by atoms with Crippen LogP contribution in [0.5, 0.6) is 0 Å². The number of hydrogen-bond donors (Lipinski definition) is 2. The van der Waals surface area contributed by atoms with Gasteiger partial charge in [-0.25, -0.2) is 13.2 Å². The van der Waals surface area contributed by atoms with E-state index in [0.29, 0.717) is 11.3 Å². The molecule has 2 aromatic carbocycles. The maximum atomic E-state index is 12.2. The first kappa shape index (κ1) is 17.6. The molecule has 2 N–H and O–H groups in total. The molecule has 0 aliphatic carbocycles. The van der Waals surface area contributed by atoms with Crippen molar-refractivity contribution in [2.45, 2.75) is 6.04 Å². The molecule has 0 saturated heterocycles. The quantitative estimate of drug-likeness (QED) is 0.820. The summed E-state index contributed by atoms with van der Waals surface area (Å²) in [7, 11) is -3.27. The molecule has 0 radical (unpaired) electrons. The van der Waals surface area contributed by atoms with E-state index >= 15 is 0 Å². The number of benzene rings is 2. The summed E-state index contributed by atoms with van der Waals surface area (Å²) in [6.07, 6.45) is 6.47. The summed E-state index contributed by atoms with van der Waals surface area (Å²) in [5, 5.41) is 5.36. The Bertz CT molecular complexity index is 855. The van der Waals surface area contributed by atoms with Crippen LogP contribution in [0.2, 0.25) is 0 Å². The van der Waals surface area contributed by atoms with Crippen LogP contribution in [0.15, 0.2) is 54.6 Å². The highest BCUT2D eigenvalue weighted by molar-refractivity contribution is 7.90. The average Bonchev–Trinajstić information content (AvgIpc) is 2.54. The van der Waals surface area contributed by atoms with Crippen molar-refractivity contribution in [3.8, 4) is 12.3 Å². The van der Waals surface area contributed by atoms with Gasteiger partial charge in [0.1, 0.15) is 9.84 Å². The van der Waals surface area contributed by atoms with Crippen molar-refractivity contribution in [2.75, 3.05) is 17.3 Å². The molecule has 5 nitrogen and oxygen atoms in total. The van der Waals surface area contributed by atoms with Crippen LogP contribution in [0, 0.1) is 12.3 Å². The van der Waals surface area contributed by atoms with Crippen LogP contribution in [0.25, 0.3) is 0 Å². The van der Waals surface area contributed by atoms with Gasteiger partial charge in [0.15, 0.2) is 0 Å². The molecule has 1 unspecified atom stereocenters. The monoisotopic (exact) mass is 342 g/mol. The van der Waals surface area contributed by atoms with E-state index in [0.717, 1.165) is 11.8 Å². The van der Waals surface area contributed by atoms with Crippen LogP contribution in [-0.2, 0) is 9.84 Å². The van der Waals surface area contributed by atoms with Gasteiger partial charge in [0.05, 0.1) is 11.8 Å². The highest BCUT2D eigenvalue weighted by atomic mass is 32.2. The number of sulfone groups is 1. The van der Waals surface area contributed by atoms with Gasteiger partial charge in [0.25, 0.3) is 0 Å². The summed E-state index contributed by atoms with van der Waals surface area (Å²) < 4.78 is 23.3. The first-order valence-electron chi connectivity index (χ1n) is 7.24. The number of nitrogens with one attached hydrogen (secondary N) is 2. The lowest BCUT2D eigenvalue weighted by atomic mass is 10.1. The predicted octanol–water partition coefficient (Wildman–Crippen LogP) is 2.58. The Morgan fingerprint density at radius 1 is 1.17 bits per heavy atom. The van der Waals surface area contributed by atoms with Crippen LogP contribution in [0.1, 0.15) is 17.2 Å². The van der Waals surface area contributed by atoms with Gasteiger partial charge in [0.2, 0.25) is 0 Å². The van der Waals surface area contributed by atoms with Gasteiger partial charge in [-0.05, 0) is 23.8 Å². The van der Waals surface area contributed by atoms with E-state index in [1.807, 2.05) is 6.07 Å². The Morgan fingerprint density at radius 3 is 2.50 bits per heavy atom. The molecule has 24 heavy (non-hydrogen) atoms. The zero-order valence-corrected chi connectivity index (χ0v) is 14.0. The first-order chi connectivity index (χ1) is 11.4. The van der Waals surface area contributed by atoms with Crippen molar-refractivity contribution in [3.05, 3.63) is 65.7 Å². The topological polar surface area (TPSA) is 75.3 Å². The van der Waals surface area contributed by atoms with Crippen molar-refractivity contribution >= 4 is 21.6 Å². The van der Waals surface area contributed by atoms with Crippen LogP contribution < -0.4 is 10.6 Å². The predicted molar refractivity (Wildman–Crippen MR) is 95.4 cm³/mol. The van der Waals surface area contributed by atoms with Gasteiger partial charge in [-0.2, -0.15) is 0 Å². The van der Waals surface area contributed by atoms with E-state index in [1.165, 1.54) is 0 Å². The highest BCUT2D eigenvalue weighted by Gasteiger charge is 2.19. The molecule has 0 fully saturated rings. The largest absolute Gasteiger partial charge is 0.330 e. The molecule has 0 bridgehead atoms. The third kappa shape index (κ3) is 5.45. The molecule has 124 valence electrons. The number of carbonyl (C=O) groups is 1. The van der Waals surface area contributed by atoms with E-state index in [2.05, 4.69) is 16.6 Å². The van der Waals surface area contributed by atoms with Crippen LogP contribution in [0.3, 0.4) is 0 Å². The molecule has 6 heteroatoms. The standard InChI is InChI=1S/C18H18N2O3S/c1-3-14-8-7-11-16(12-14)19-18(21)20-17(13-24(2,22)23)15-9-5-4-6-10-15/h1,4-12,17H,13H2,2H3,(H2,19,20,21). The Morgan fingerprint density at radius 2 is 1.88 bits per heavy atom. The fourth-order valence-corrected chi connectivity index (χ4v) is 3.10. The van der Waals surface area contributed by atoms with Crippen LogP contribution in [0.4, 0.5) is 10.5 Å². The van der Waals surface area contributed by atoms with Crippen molar-refractivity contribution in [2.24, 2.45) is 0 Å². The van der Waals surface area contributed by atoms with Crippen molar-refractivity contribution < 1.29 is 13.2 Å². The molecular weight excluding hydrogens is 324 g/mol. The second-order valence-electron chi connectivity index (χ2n) is 5.38. The summed E-state index contributed by atoms with van der Waals surface area (Å²) in [6.45, 7) is 0. The molecular formula is C18H18N2O3S. The second-order valence-corrected chi connectivity index (χ2v) is 7.56. The van der Waals surface area contributed by atoms with Gasteiger partial charge in [-0.3, -0.25) is 0 Å². The van der Waals surface area contributed by atoms with E-state index in [4.69, 9.17) is 6.42 Å². The second kappa shape index (κ2) is 7.66. The fourth-order valence-electron chi connectivity index (χ4n) is 2.22. The van der Waals surface area contributed by atoms with Crippen molar-refractivity contribution in [1.29, 1.82) is 0 Å². The minimum atomic E-state index is -3.27. The van der Waals surface area contributed by atoms with Crippen molar-refractivity contribution in [1.82, 2.24) is 5.32 Å². The number of hydrogen-bond acceptors (Lipinski definition) is 3. The Balaban J connectivity index is 2.14. The van der Waals surface area contributed by atoms with Gasteiger partial charge < -0.3 is 10.6 Å². The molecule has 0 aliphatic heterocycles. The first-order valence-corrected chi connectivity index (χ1v) is 9.30. The van der Waals surface area contributed by atoms with Gasteiger partial charge in [0, 0.05) is 17.5 Å². The lowest BCUT2D eigenvalue weighted by molar-refractivity contribution is 0.249. The number of terminal acetylenes is 1. The molecule has 2 amide bonds. The Labute approximate surface area is 142 Å². The summed E-state index contributed by atoms with van der Waals surface area (Å²) >= 11 is 0. The third-order valence-corrected chi connectivity index (χ3v) is 4.20. The number of carbonyl (C=O) groups excluding carboxylic acids is 1. The lowest BCUT2D eigenvalue weighted by Gasteiger charge is -2.19. The van der Waals surface area contributed by atoms with E-state index < -0.39 is 21.9 Å². The summed E-state index contributed by atoms with van der Waals surface area (Å²) in [5.74, 6) is 2.30. The van der Waals surface area contributed by atoms with Crippen LogP contribution >= 0.6 is 0 Å². The number of rotatable bonds is 5. The number of anilines is 1. The normalized spacial score (nSPS) is 12.0. The SMILES string of the molecule is C#Cc1cccc(NC(=O)NC(CS(C)(=O)=O)c2ccccc2)c1. The zero-order chi connectivity index (χ0) is 17.6. The molecule has 0 aliphatic rings. The summed E-state index contributed by atoms with van der Waals surface area (Å²) in [4.78, 5) is 12.2. The molecule has 0 saturated carbocycles. The molecule has 2 aromatic rings. The summed E-state index contributed by atoms with van der Waals surface area (Å²) in [5.41, 5.74) is 1.90. The van der Waals surface area contributed by atoms with E-state index in [1.54, 1.807) is 48.5 Å².